The lowest BCUT2D eigenvalue weighted by Crippen LogP contribution is -2.39. The Morgan fingerprint density at radius 2 is 1.63 bits per heavy atom. The van der Waals surface area contributed by atoms with Gasteiger partial charge in [-0.15, -0.1) is 0 Å². The number of nitrogens with zero attached hydrogens (tertiary/aromatic N) is 2. The zero-order valence-corrected chi connectivity index (χ0v) is 21.5. The summed E-state index contributed by atoms with van der Waals surface area (Å²) in [5.41, 5.74) is 6.50. The van der Waals surface area contributed by atoms with E-state index in [1.807, 2.05) is 65.0 Å². The Kier molecular flexibility index (Phi) is 8.30. The van der Waals surface area contributed by atoms with E-state index in [9.17, 15) is 13.2 Å². The van der Waals surface area contributed by atoms with Crippen LogP contribution in [0.3, 0.4) is 0 Å². The third kappa shape index (κ3) is 6.93. The van der Waals surface area contributed by atoms with Crippen LogP contribution in [0, 0.1) is 20.8 Å². The van der Waals surface area contributed by atoms with Gasteiger partial charge in [-0.3, -0.25) is 9.10 Å². The lowest BCUT2D eigenvalue weighted by molar-refractivity contribution is -0.119. The molecule has 0 aliphatic carbocycles. The number of anilines is 1. The first-order valence-electron chi connectivity index (χ1n) is 11.3. The van der Waals surface area contributed by atoms with Gasteiger partial charge in [0.05, 0.1) is 22.9 Å². The lowest BCUT2D eigenvalue weighted by Gasteiger charge is -2.24. The lowest BCUT2D eigenvalue weighted by atomic mass is 10.1. The van der Waals surface area contributed by atoms with Crippen LogP contribution in [0.1, 0.15) is 36.1 Å². The summed E-state index contributed by atoms with van der Waals surface area (Å²) < 4.78 is 33.7. The Labute approximate surface area is 207 Å². The number of aryl methyl sites for hydroxylation is 3. The van der Waals surface area contributed by atoms with Gasteiger partial charge in [-0.05, 0) is 99.8 Å². The molecule has 35 heavy (non-hydrogen) atoms. The van der Waals surface area contributed by atoms with Crippen LogP contribution in [0.25, 0.3) is 0 Å². The van der Waals surface area contributed by atoms with Crippen molar-refractivity contribution < 1.29 is 17.9 Å². The molecule has 8 heteroatoms. The number of carbonyl (C=O) groups excluding carboxylic acids is 1. The van der Waals surface area contributed by atoms with Gasteiger partial charge in [-0.1, -0.05) is 23.8 Å². The molecule has 3 aromatic carbocycles. The molecule has 1 N–H and O–H groups in total. The maximum absolute atomic E-state index is 13.5. The highest BCUT2D eigenvalue weighted by atomic mass is 32.2. The van der Waals surface area contributed by atoms with Gasteiger partial charge in [-0.2, -0.15) is 5.10 Å². The number of benzene rings is 3. The predicted molar refractivity (Wildman–Crippen MR) is 140 cm³/mol. The molecule has 0 heterocycles. The molecule has 0 aromatic heterocycles. The minimum Gasteiger partial charge on any atom is -0.491 e. The number of hydrazone groups is 1. The zero-order chi connectivity index (χ0) is 25.6. The normalized spacial score (nSPS) is 11.6. The monoisotopic (exact) mass is 493 g/mol. The standard InChI is InChI=1S/C27H31N3O4S/c1-19(2)34-25-12-9-23(10-13-25)17-28-29-27(31)18-30(24-11-8-21(4)22(5)16-24)35(32,33)26-14-6-20(3)7-15-26/h6-17,19H,18H2,1-5H3,(H,29,31)/b28-17-. The van der Waals surface area contributed by atoms with E-state index < -0.39 is 22.5 Å². The number of amides is 1. The van der Waals surface area contributed by atoms with Crippen LogP contribution in [-0.2, 0) is 14.8 Å². The summed E-state index contributed by atoms with van der Waals surface area (Å²) >= 11 is 0. The first-order chi connectivity index (χ1) is 16.6. The molecule has 0 aliphatic heterocycles. The van der Waals surface area contributed by atoms with Gasteiger partial charge in [0, 0.05) is 0 Å². The minimum absolute atomic E-state index is 0.0743. The predicted octanol–water partition coefficient (Wildman–Crippen LogP) is 4.74. The maximum atomic E-state index is 13.5. The first kappa shape index (κ1) is 26.0. The van der Waals surface area contributed by atoms with E-state index in [1.54, 1.807) is 36.4 Å². The number of hydrogen-bond acceptors (Lipinski definition) is 5. The number of rotatable bonds is 9. The summed E-state index contributed by atoms with van der Waals surface area (Å²) in [5, 5.41) is 3.99. The van der Waals surface area contributed by atoms with E-state index in [2.05, 4.69) is 10.5 Å². The molecule has 0 fully saturated rings. The fourth-order valence-electron chi connectivity index (χ4n) is 3.28. The number of sulfonamides is 1. The van der Waals surface area contributed by atoms with Gasteiger partial charge in [0.2, 0.25) is 0 Å². The van der Waals surface area contributed by atoms with E-state index in [-0.39, 0.29) is 11.0 Å². The molecule has 0 atom stereocenters. The topological polar surface area (TPSA) is 88.1 Å². The Morgan fingerprint density at radius 3 is 2.23 bits per heavy atom. The molecule has 0 aliphatic rings. The molecular formula is C27H31N3O4S. The number of ether oxygens (including phenoxy) is 1. The molecule has 1 amide bonds. The minimum atomic E-state index is -3.98. The van der Waals surface area contributed by atoms with Crippen LogP contribution in [0.4, 0.5) is 5.69 Å². The number of hydrogen-bond donors (Lipinski definition) is 1. The Bertz CT molecular complexity index is 1300. The fourth-order valence-corrected chi connectivity index (χ4v) is 4.70. The third-order valence-corrected chi connectivity index (χ3v) is 7.12. The maximum Gasteiger partial charge on any atom is 0.264 e. The second-order valence-corrected chi connectivity index (χ2v) is 10.5. The van der Waals surface area contributed by atoms with Crippen molar-refractivity contribution >= 4 is 27.8 Å². The van der Waals surface area contributed by atoms with Crippen LogP contribution in [0.2, 0.25) is 0 Å². The molecule has 0 saturated carbocycles. The van der Waals surface area contributed by atoms with Crippen molar-refractivity contribution in [2.24, 2.45) is 5.10 Å². The second-order valence-electron chi connectivity index (χ2n) is 8.62. The number of carbonyl (C=O) groups is 1. The fraction of sp³-hybridized carbons (Fsp3) is 0.259. The quantitative estimate of drug-likeness (QED) is 0.344. The summed E-state index contributed by atoms with van der Waals surface area (Å²) in [7, 11) is -3.98. The van der Waals surface area contributed by atoms with Crippen LogP contribution < -0.4 is 14.5 Å². The van der Waals surface area contributed by atoms with E-state index in [4.69, 9.17) is 4.74 Å². The van der Waals surface area contributed by atoms with Crippen LogP contribution in [-0.4, -0.2) is 33.2 Å². The van der Waals surface area contributed by atoms with Gasteiger partial charge in [0.25, 0.3) is 15.9 Å². The van der Waals surface area contributed by atoms with Crippen molar-refractivity contribution in [2.45, 2.75) is 45.6 Å². The van der Waals surface area contributed by atoms with Gasteiger partial charge in [-0.25, -0.2) is 13.8 Å². The number of nitrogens with one attached hydrogen (secondary N) is 1. The van der Waals surface area contributed by atoms with Crippen molar-refractivity contribution in [2.75, 3.05) is 10.8 Å². The first-order valence-corrected chi connectivity index (χ1v) is 12.8. The van der Waals surface area contributed by atoms with Gasteiger partial charge in [0.1, 0.15) is 12.3 Å². The molecule has 0 bridgehead atoms. The van der Waals surface area contributed by atoms with E-state index in [1.165, 1.54) is 6.21 Å². The largest absolute Gasteiger partial charge is 0.491 e. The summed E-state index contributed by atoms with van der Waals surface area (Å²) in [6, 6.07) is 19.1. The Balaban J connectivity index is 1.79. The van der Waals surface area contributed by atoms with E-state index >= 15 is 0 Å². The molecular weight excluding hydrogens is 462 g/mol. The Morgan fingerprint density at radius 1 is 0.971 bits per heavy atom. The second kappa shape index (κ2) is 11.2. The summed E-state index contributed by atoms with van der Waals surface area (Å²) in [6.07, 6.45) is 1.57. The highest BCUT2D eigenvalue weighted by Crippen LogP contribution is 2.26. The zero-order valence-electron chi connectivity index (χ0n) is 20.6. The van der Waals surface area contributed by atoms with Crippen molar-refractivity contribution in [3.05, 3.63) is 89.0 Å². The molecule has 0 unspecified atom stereocenters. The molecule has 3 aromatic rings. The highest BCUT2D eigenvalue weighted by molar-refractivity contribution is 7.92. The third-order valence-electron chi connectivity index (χ3n) is 5.33. The van der Waals surface area contributed by atoms with Crippen molar-refractivity contribution in [3.8, 4) is 5.75 Å². The van der Waals surface area contributed by atoms with Gasteiger partial charge >= 0.3 is 0 Å². The molecule has 184 valence electrons. The van der Waals surface area contributed by atoms with Crippen LogP contribution in [0.5, 0.6) is 5.75 Å². The average molecular weight is 494 g/mol. The van der Waals surface area contributed by atoms with Crippen molar-refractivity contribution in [1.29, 1.82) is 0 Å². The molecule has 0 saturated heterocycles. The molecule has 7 nitrogen and oxygen atoms in total. The van der Waals surface area contributed by atoms with Crippen molar-refractivity contribution in [3.63, 3.8) is 0 Å². The van der Waals surface area contributed by atoms with Crippen LogP contribution in [0.15, 0.2) is 76.7 Å². The summed E-state index contributed by atoms with van der Waals surface area (Å²) in [4.78, 5) is 12.8. The molecule has 0 spiro atoms. The highest BCUT2D eigenvalue weighted by Gasteiger charge is 2.27. The van der Waals surface area contributed by atoms with Crippen molar-refractivity contribution in [1.82, 2.24) is 5.43 Å². The van der Waals surface area contributed by atoms with Crippen LogP contribution >= 0.6 is 0 Å². The van der Waals surface area contributed by atoms with E-state index in [0.29, 0.717) is 5.69 Å². The van der Waals surface area contributed by atoms with E-state index in [0.717, 1.165) is 32.3 Å². The smallest absolute Gasteiger partial charge is 0.264 e. The summed E-state index contributed by atoms with van der Waals surface area (Å²) in [5.74, 6) is 0.182. The molecule has 0 radical (unpaired) electrons. The Hall–Kier alpha value is -3.65. The average Bonchev–Trinajstić information content (AvgIpc) is 2.80. The summed E-state index contributed by atoms with van der Waals surface area (Å²) in [6.45, 7) is 9.21. The van der Waals surface area contributed by atoms with Gasteiger partial charge < -0.3 is 4.74 Å². The SMILES string of the molecule is Cc1ccc(S(=O)(=O)N(CC(=O)N/N=C\c2ccc(OC(C)C)cc2)c2ccc(C)c(C)c2)cc1. The molecule has 3 rings (SSSR count). The van der Waals surface area contributed by atoms with Gasteiger partial charge in [0.15, 0.2) is 0 Å².